The minimum atomic E-state index is -0.0956. The molecule has 90 valence electrons. The van der Waals surface area contributed by atoms with E-state index in [-0.39, 0.29) is 5.91 Å². The topological polar surface area (TPSA) is 60.4 Å². The summed E-state index contributed by atoms with van der Waals surface area (Å²) in [5.41, 5.74) is 8.19. The Morgan fingerprint density at radius 1 is 1.17 bits per heavy atom. The summed E-state index contributed by atoms with van der Waals surface area (Å²) in [6.07, 6.45) is 3.59. The van der Waals surface area contributed by atoms with Gasteiger partial charge in [0, 0.05) is 19.1 Å². The lowest BCUT2D eigenvalue weighted by molar-refractivity contribution is -0.674. The van der Waals surface area contributed by atoms with Crippen LogP contribution in [0.2, 0.25) is 0 Å². The van der Waals surface area contributed by atoms with Gasteiger partial charge in [0.25, 0.3) is 5.91 Å². The second kappa shape index (κ2) is 5.18. The number of pyridine rings is 1. The van der Waals surface area contributed by atoms with Crippen LogP contribution in [0.5, 0.6) is 0 Å². The van der Waals surface area contributed by atoms with Crippen molar-refractivity contribution in [3.63, 3.8) is 0 Å². The lowest BCUT2D eigenvalue weighted by Gasteiger charge is -2.13. The fourth-order valence-electron chi connectivity index (χ4n) is 1.67. The van der Waals surface area contributed by atoms with Crippen LogP contribution in [-0.4, -0.2) is 5.91 Å². The number of benzene rings is 1. The van der Waals surface area contributed by atoms with Crippen molar-refractivity contribution >= 4 is 17.3 Å². The summed E-state index contributed by atoms with van der Waals surface area (Å²) in [5.74, 6) is -0.0956. The van der Waals surface area contributed by atoms with E-state index in [2.05, 4.69) is 5.11 Å². The molecule has 2 aromatic rings. The second-order valence-corrected chi connectivity index (χ2v) is 3.71. The first kappa shape index (κ1) is 11.9. The highest BCUT2D eigenvalue weighted by Crippen LogP contribution is 2.18. The van der Waals surface area contributed by atoms with E-state index >= 15 is 0 Å². The van der Waals surface area contributed by atoms with E-state index in [0.29, 0.717) is 5.69 Å². The third kappa shape index (κ3) is 2.40. The number of hydrogen-bond acceptors (Lipinski definition) is 3. The van der Waals surface area contributed by atoms with Crippen molar-refractivity contribution < 1.29 is 9.47 Å². The van der Waals surface area contributed by atoms with Crippen molar-refractivity contribution in [2.24, 2.45) is 5.11 Å². The fourth-order valence-corrected chi connectivity index (χ4v) is 1.67. The van der Waals surface area contributed by atoms with Gasteiger partial charge in [-0.2, -0.15) is 5.11 Å². The van der Waals surface area contributed by atoms with E-state index < -0.39 is 0 Å². The maximum Gasteiger partial charge on any atom is 0.280 e. The van der Waals surface area contributed by atoms with Crippen LogP contribution in [0.15, 0.2) is 60.0 Å². The van der Waals surface area contributed by atoms with Crippen molar-refractivity contribution in [3.05, 3.63) is 54.9 Å². The predicted molar refractivity (Wildman–Crippen MR) is 66.4 cm³/mol. The molecule has 5 heteroatoms. The molecule has 0 fully saturated rings. The molecule has 2 rings (SSSR count). The molecule has 1 aromatic heterocycles. The summed E-state index contributed by atoms with van der Waals surface area (Å²) in [5, 5.41) is 4.86. The number of amides is 1. The lowest BCUT2D eigenvalue weighted by atomic mass is 10.3. The minimum absolute atomic E-state index is 0.0956. The van der Waals surface area contributed by atoms with Gasteiger partial charge >= 0.3 is 0 Å². The van der Waals surface area contributed by atoms with Crippen molar-refractivity contribution in [2.75, 3.05) is 5.01 Å². The third-order valence-electron chi connectivity index (χ3n) is 2.45. The Bertz CT molecular complexity index is 551. The van der Waals surface area contributed by atoms with Crippen LogP contribution < -0.4 is 9.69 Å². The number of aromatic nitrogens is 1. The normalized spacial score (nSPS) is 9.83. The van der Waals surface area contributed by atoms with E-state index in [1.165, 1.54) is 11.9 Å². The van der Waals surface area contributed by atoms with Crippen LogP contribution in [0, 0.1) is 5.53 Å². The average Bonchev–Trinajstić information content (AvgIpc) is 2.40. The molecule has 5 nitrogen and oxygen atoms in total. The van der Waals surface area contributed by atoms with Crippen LogP contribution in [0.4, 0.5) is 11.4 Å². The summed E-state index contributed by atoms with van der Waals surface area (Å²) in [6.45, 7) is 1.50. The monoisotopic (exact) mass is 241 g/mol. The SMILES string of the molecule is CC(=O)N(c1ccc(N=N)cc1)[n+]1ccccc1. The zero-order valence-corrected chi connectivity index (χ0v) is 9.95. The zero-order valence-electron chi connectivity index (χ0n) is 9.95. The maximum atomic E-state index is 11.7. The average molecular weight is 241 g/mol. The molecule has 0 aliphatic heterocycles. The Kier molecular flexibility index (Phi) is 3.43. The zero-order chi connectivity index (χ0) is 13.0. The Labute approximate surface area is 105 Å². The van der Waals surface area contributed by atoms with Crippen LogP contribution in [0.25, 0.3) is 0 Å². The number of carbonyl (C=O) groups excluding carboxylic acids is 1. The lowest BCUT2D eigenvalue weighted by Crippen LogP contribution is -2.56. The molecule has 0 unspecified atom stereocenters. The summed E-state index contributed by atoms with van der Waals surface area (Å²) in [7, 11) is 0. The molecule has 1 heterocycles. The first-order valence-electron chi connectivity index (χ1n) is 5.47. The van der Waals surface area contributed by atoms with Gasteiger partial charge in [0.1, 0.15) is 5.69 Å². The van der Waals surface area contributed by atoms with E-state index in [0.717, 1.165) is 5.69 Å². The molecule has 0 radical (unpaired) electrons. The molecule has 0 spiro atoms. The second-order valence-electron chi connectivity index (χ2n) is 3.71. The van der Waals surface area contributed by atoms with Gasteiger partial charge in [0.05, 0.1) is 5.69 Å². The summed E-state index contributed by atoms with van der Waals surface area (Å²) >= 11 is 0. The summed E-state index contributed by atoms with van der Waals surface area (Å²) in [4.78, 5) is 11.7. The van der Waals surface area contributed by atoms with Gasteiger partial charge < -0.3 is 0 Å². The third-order valence-corrected chi connectivity index (χ3v) is 2.45. The molecule has 18 heavy (non-hydrogen) atoms. The standard InChI is InChI=1S/C13H13N4O/c1-11(18)17(16-9-3-2-4-10-16)13-7-5-12(15-14)6-8-13/h2-10,14H,1H3/q+1. The molecule has 0 aliphatic carbocycles. The summed E-state index contributed by atoms with van der Waals surface area (Å²) in [6, 6.07) is 12.5. The molecule has 1 aromatic carbocycles. The highest BCUT2D eigenvalue weighted by molar-refractivity contribution is 5.88. The van der Waals surface area contributed by atoms with Crippen molar-refractivity contribution in [2.45, 2.75) is 6.92 Å². The number of anilines is 1. The first-order chi connectivity index (χ1) is 8.72. The van der Waals surface area contributed by atoms with Gasteiger partial charge in [-0.3, -0.25) is 4.79 Å². The largest absolute Gasteiger partial charge is 0.280 e. The highest BCUT2D eigenvalue weighted by Gasteiger charge is 2.20. The summed E-state index contributed by atoms with van der Waals surface area (Å²) < 4.78 is 1.70. The van der Waals surface area contributed by atoms with E-state index in [4.69, 9.17) is 5.53 Å². The Morgan fingerprint density at radius 2 is 1.78 bits per heavy atom. The fraction of sp³-hybridized carbons (Fsp3) is 0.0769. The molecule has 0 atom stereocenters. The number of rotatable bonds is 3. The van der Waals surface area contributed by atoms with Gasteiger partial charge in [-0.25, -0.2) is 5.53 Å². The molecule has 0 saturated heterocycles. The highest BCUT2D eigenvalue weighted by atomic mass is 16.2. The molecular formula is C13H13N4O+. The number of hydrogen-bond donors (Lipinski definition) is 1. The van der Waals surface area contributed by atoms with Crippen LogP contribution in [-0.2, 0) is 4.79 Å². The van der Waals surface area contributed by atoms with Gasteiger partial charge in [0.15, 0.2) is 0 Å². The number of nitrogens with zero attached hydrogens (tertiary/aromatic N) is 3. The quantitative estimate of drug-likeness (QED) is 0.651. The van der Waals surface area contributed by atoms with E-state index in [9.17, 15) is 4.79 Å². The molecule has 0 saturated carbocycles. The predicted octanol–water partition coefficient (Wildman–Crippen LogP) is 2.45. The van der Waals surface area contributed by atoms with Crippen LogP contribution >= 0.6 is 0 Å². The van der Waals surface area contributed by atoms with Gasteiger partial charge in [-0.05, 0) is 24.3 Å². The molecule has 0 aliphatic rings. The van der Waals surface area contributed by atoms with E-state index in [1.54, 1.807) is 41.3 Å². The Hall–Kier alpha value is -2.56. The van der Waals surface area contributed by atoms with Gasteiger partial charge in [-0.15, -0.1) is 0 Å². The smallest absolute Gasteiger partial charge is 0.269 e. The molecule has 1 N–H and O–H groups in total. The van der Waals surface area contributed by atoms with Crippen molar-refractivity contribution in [1.82, 2.24) is 0 Å². The number of nitrogens with one attached hydrogen (secondary N) is 1. The number of carbonyl (C=O) groups is 1. The van der Waals surface area contributed by atoms with E-state index in [1.807, 2.05) is 18.2 Å². The van der Waals surface area contributed by atoms with Crippen LogP contribution in [0.1, 0.15) is 6.92 Å². The molecular weight excluding hydrogens is 228 g/mol. The maximum absolute atomic E-state index is 11.7. The van der Waals surface area contributed by atoms with Crippen molar-refractivity contribution in [3.8, 4) is 0 Å². The first-order valence-corrected chi connectivity index (χ1v) is 5.47. The molecule has 0 bridgehead atoms. The molecule has 1 amide bonds. The Morgan fingerprint density at radius 3 is 2.28 bits per heavy atom. The van der Waals surface area contributed by atoms with Gasteiger partial charge in [0.2, 0.25) is 12.4 Å². The van der Waals surface area contributed by atoms with Gasteiger partial charge in [-0.1, -0.05) is 15.8 Å². The van der Waals surface area contributed by atoms with Crippen LogP contribution in [0.3, 0.4) is 0 Å². The Balaban J connectivity index is 2.42. The minimum Gasteiger partial charge on any atom is -0.269 e. The van der Waals surface area contributed by atoms with Crippen molar-refractivity contribution in [1.29, 1.82) is 5.53 Å².